The molecule has 0 bridgehead atoms. The summed E-state index contributed by atoms with van der Waals surface area (Å²) in [6.45, 7) is 3.80. The predicted molar refractivity (Wildman–Crippen MR) is 94.1 cm³/mol. The summed E-state index contributed by atoms with van der Waals surface area (Å²) in [6.07, 6.45) is 0.646. The van der Waals surface area contributed by atoms with E-state index >= 15 is 0 Å². The van der Waals surface area contributed by atoms with Crippen molar-refractivity contribution >= 4 is 26.0 Å². The lowest BCUT2D eigenvalue weighted by Crippen LogP contribution is -2.45. The van der Waals surface area contributed by atoms with Gasteiger partial charge in [0.2, 0.25) is 10.0 Å². The van der Waals surface area contributed by atoms with Gasteiger partial charge in [0, 0.05) is 10.0 Å². The molecule has 0 saturated heterocycles. The van der Waals surface area contributed by atoms with E-state index in [9.17, 15) is 8.42 Å². The number of halogens is 1. The Morgan fingerprint density at radius 1 is 0.955 bits per heavy atom. The van der Waals surface area contributed by atoms with Crippen LogP contribution in [0, 0.1) is 0 Å². The highest BCUT2D eigenvalue weighted by atomic mass is 79.9. The van der Waals surface area contributed by atoms with Crippen molar-refractivity contribution in [3.63, 3.8) is 0 Å². The van der Waals surface area contributed by atoms with Gasteiger partial charge in [0.1, 0.15) is 0 Å². The lowest BCUT2D eigenvalue weighted by atomic mass is 9.96. The van der Waals surface area contributed by atoms with Gasteiger partial charge < -0.3 is 0 Å². The molecule has 0 heterocycles. The summed E-state index contributed by atoms with van der Waals surface area (Å²) in [5.74, 6) is -0.0154. The van der Waals surface area contributed by atoms with Gasteiger partial charge in [-0.15, -0.1) is 0 Å². The number of benzene rings is 2. The topological polar surface area (TPSA) is 46.2 Å². The molecule has 0 unspecified atom stereocenters. The molecule has 0 aliphatic rings. The van der Waals surface area contributed by atoms with E-state index in [0.717, 1.165) is 15.6 Å². The first-order valence-corrected chi connectivity index (χ1v) is 9.50. The van der Waals surface area contributed by atoms with Crippen LogP contribution in [0.3, 0.4) is 0 Å². The van der Waals surface area contributed by atoms with Gasteiger partial charge in [0.15, 0.2) is 0 Å². The summed E-state index contributed by atoms with van der Waals surface area (Å²) in [4.78, 5) is 0. The summed E-state index contributed by atoms with van der Waals surface area (Å²) in [7, 11) is -3.39. The molecule has 0 fully saturated rings. The Bertz CT molecular complexity index is 710. The first-order valence-electron chi connectivity index (χ1n) is 7.06. The fourth-order valence-electron chi connectivity index (χ4n) is 2.40. The van der Waals surface area contributed by atoms with E-state index in [2.05, 4.69) is 20.7 Å². The number of nitrogens with one attached hydrogen (secondary N) is 1. The van der Waals surface area contributed by atoms with Crippen molar-refractivity contribution in [2.75, 3.05) is 0 Å². The normalized spacial score (nSPS) is 12.3. The molecular weight excluding hydrogens is 362 g/mol. The molecular formula is C17H20BrNO2S. The zero-order chi connectivity index (χ0) is 16.2. The average Bonchev–Trinajstić information content (AvgIpc) is 2.40. The minimum atomic E-state index is -3.39. The molecule has 118 valence electrons. The quantitative estimate of drug-likeness (QED) is 0.824. The average molecular weight is 382 g/mol. The molecule has 0 radical (unpaired) electrons. The Balaban J connectivity index is 2.05. The summed E-state index contributed by atoms with van der Waals surface area (Å²) in [6, 6.07) is 17.2. The Hall–Kier alpha value is -1.17. The number of sulfonamides is 1. The smallest absolute Gasteiger partial charge is 0.212 e. The second-order valence-electron chi connectivity index (χ2n) is 6.03. The molecule has 0 spiro atoms. The number of rotatable bonds is 6. The minimum absolute atomic E-state index is 0.0154. The van der Waals surface area contributed by atoms with E-state index in [1.165, 1.54) is 0 Å². The zero-order valence-corrected chi connectivity index (χ0v) is 15.1. The highest BCUT2D eigenvalue weighted by molar-refractivity contribution is 9.10. The zero-order valence-electron chi connectivity index (χ0n) is 12.7. The van der Waals surface area contributed by atoms with E-state index in [0.29, 0.717) is 6.42 Å². The van der Waals surface area contributed by atoms with Crippen LogP contribution in [-0.4, -0.2) is 14.0 Å². The van der Waals surface area contributed by atoms with Gasteiger partial charge in [-0.25, -0.2) is 13.1 Å². The van der Waals surface area contributed by atoms with Gasteiger partial charge in [0.05, 0.1) is 5.75 Å². The van der Waals surface area contributed by atoms with Crippen LogP contribution in [0.25, 0.3) is 0 Å². The monoisotopic (exact) mass is 381 g/mol. The first kappa shape index (κ1) is 17.2. The van der Waals surface area contributed by atoms with Gasteiger partial charge in [-0.1, -0.05) is 58.4 Å². The van der Waals surface area contributed by atoms with Crippen LogP contribution in [0.5, 0.6) is 0 Å². The maximum Gasteiger partial charge on any atom is 0.216 e. The van der Waals surface area contributed by atoms with Crippen molar-refractivity contribution in [2.45, 2.75) is 31.6 Å². The lowest BCUT2D eigenvalue weighted by molar-refractivity contribution is 0.450. The van der Waals surface area contributed by atoms with Crippen LogP contribution < -0.4 is 4.72 Å². The molecule has 2 rings (SSSR count). The van der Waals surface area contributed by atoms with E-state index in [1.807, 2.05) is 68.4 Å². The van der Waals surface area contributed by atoms with Crippen LogP contribution >= 0.6 is 15.9 Å². The van der Waals surface area contributed by atoms with Crippen LogP contribution in [0.1, 0.15) is 25.0 Å². The van der Waals surface area contributed by atoms with Crippen molar-refractivity contribution in [2.24, 2.45) is 0 Å². The standard InChI is InChI=1S/C17H20BrNO2S/c1-17(2,12-14-6-4-3-5-7-14)19-22(20,21)13-15-8-10-16(18)11-9-15/h3-11,19H,12-13H2,1-2H3. The molecule has 0 aliphatic heterocycles. The van der Waals surface area contributed by atoms with Crippen molar-refractivity contribution in [3.8, 4) is 0 Å². The third kappa shape index (κ3) is 5.55. The maximum atomic E-state index is 12.4. The molecule has 5 heteroatoms. The Labute approximate surface area is 140 Å². The summed E-state index contributed by atoms with van der Waals surface area (Å²) < 4.78 is 28.5. The Kier molecular flexibility index (Phi) is 5.42. The van der Waals surface area contributed by atoms with Gasteiger partial charge in [-0.2, -0.15) is 0 Å². The number of hydrogen-bond donors (Lipinski definition) is 1. The second kappa shape index (κ2) is 6.94. The van der Waals surface area contributed by atoms with Crippen molar-refractivity contribution < 1.29 is 8.42 Å². The van der Waals surface area contributed by atoms with E-state index in [4.69, 9.17) is 0 Å². The lowest BCUT2D eigenvalue weighted by Gasteiger charge is -2.26. The van der Waals surface area contributed by atoms with Crippen LogP contribution in [0.4, 0.5) is 0 Å². The van der Waals surface area contributed by atoms with Crippen LogP contribution in [-0.2, 0) is 22.2 Å². The van der Waals surface area contributed by atoms with Crippen LogP contribution in [0.15, 0.2) is 59.1 Å². The third-order valence-electron chi connectivity index (χ3n) is 3.19. The maximum absolute atomic E-state index is 12.4. The summed E-state index contributed by atoms with van der Waals surface area (Å²) >= 11 is 3.35. The first-order chi connectivity index (χ1) is 10.3. The van der Waals surface area contributed by atoms with E-state index < -0.39 is 15.6 Å². The molecule has 0 aromatic heterocycles. The molecule has 0 amide bonds. The molecule has 3 nitrogen and oxygen atoms in total. The Morgan fingerprint density at radius 3 is 2.14 bits per heavy atom. The highest BCUT2D eigenvalue weighted by Gasteiger charge is 2.25. The van der Waals surface area contributed by atoms with Gasteiger partial charge >= 0.3 is 0 Å². The second-order valence-corrected chi connectivity index (χ2v) is 8.67. The fraction of sp³-hybridized carbons (Fsp3) is 0.294. The molecule has 22 heavy (non-hydrogen) atoms. The molecule has 2 aromatic carbocycles. The van der Waals surface area contributed by atoms with Crippen molar-refractivity contribution in [1.82, 2.24) is 4.72 Å². The number of hydrogen-bond acceptors (Lipinski definition) is 2. The van der Waals surface area contributed by atoms with Crippen molar-refractivity contribution in [1.29, 1.82) is 0 Å². The highest BCUT2D eigenvalue weighted by Crippen LogP contribution is 2.17. The summed E-state index contributed by atoms with van der Waals surface area (Å²) in [5, 5.41) is 0. The molecule has 0 saturated carbocycles. The van der Waals surface area contributed by atoms with Gasteiger partial charge in [0.25, 0.3) is 0 Å². The van der Waals surface area contributed by atoms with Crippen LogP contribution in [0.2, 0.25) is 0 Å². The Morgan fingerprint density at radius 2 is 1.55 bits per heavy atom. The largest absolute Gasteiger partial charge is 0.216 e. The van der Waals surface area contributed by atoms with E-state index in [1.54, 1.807) is 0 Å². The third-order valence-corrected chi connectivity index (χ3v) is 5.30. The molecule has 0 atom stereocenters. The van der Waals surface area contributed by atoms with Crippen molar-refractivity contribution in [3.05, 3.63) is 70.2 Å². The SMILES string of the molecule is CC(C)(Cc1ccccc1)NS(=O)(=O)Cc1ccc(Br)cc1. The fourth-order valence-corrected chi connectivity index (χ4v) is 4.28. The molecule has 2 aromatic rings. The molecule has 0 aliphatic carbocycles. The van der Waals surface area contributed by atoms with Gasteiger partial charge in [-0.3, -0.25) is 0 Å². The van der Waals surface area contributed by atoms with Gasteiger partial charge in [-0.05, 0) is 43.5 Å². The summed E-state index contributed by atoms with van der Waals surface area (Å²) in [5.41, 5.74) is 1.35. The van der Waals surface area contributed by atoms with E-state index in [-0.39, 0.29) is 5.75 Å². The minimum Gasteiger partial charge on any atom is -0.212 e. The molecule has 1 N–H and O–H groups in total. The predicted octanol–water partition coefficient (Wildman–Crippen LogP) is 3.89.